The fourth-order valence-corrected chi connectivity index (χ4v) is 4.60. The van der Waals surface area contributed by atoms with E-state index in [0.717, 1.165) is 17.5 Å². The summed E-state index contributed by atoms with van der Waals surface area (Å²) < 4.78 is 17.1. The Morgan fingerprint density at radius 1 is 1.24 bits per heavy atom. The molecule has 0 spiro atoms. The molecule has 1 amide bonds. The summed E-state index contributed by atoms with van der Waals surface area (Å²) in [5.41, 5.74) is 1.51. The molecule has 0 radical (unpaired) electrons. The lowest BCUT2D eigenvalue weighted by atomic mass is 10.2. The largest absolute Gasteiger partial charge is 0.351 e. The smallest absolute Gasteiger partial charge is 0.272 e. The molecule has 10 heteroatoms. The summed E-state index contributed by atoms with van der Waals surface area (Å²) in [6, 6.07) is 7.86. The van der Waals surface area contributed by atoms with Crippen LogP contribution in [-0.2, 0) is 17.9 Å². The Labute approximate surface area is 173 Å². The minimum Gasteiger partial charge on any atom is -0.351 e. The van der Waals surface area contributed by atoms with Crippen LogP contribution in [-0.4, -0.2) is 30.8 Å². The third-order valence-electron chi connectivity index (χ3n) is 4.36. The molecule has 7 nitrogen and oxygen atoms in total. The van der Waals surface area contributed by atoms with Crippen molar-refractivity contribution in [3.63, 3.8) is 0 Å². The molecule has 0 atom stereocenters. The second-order valence-corrected chi connectivity index (χ2v) is 8.26. The van der Waals surface area contributed by atoms with Crippen molar-refractivity contribution in [1.82, 2.24) is 24.5 Å². The van der Waals surface area contributed by atoms with Gasteiger partial charge in [0.15, 0.2) is 5.16 Å². The number of carbonyl (C=O) groups excluding carboxylic acids is 1. The van der Waals surface area contributed by atoms with Crippen LogP contribution in [0.4, 0.5) is 4.39 Å². The van der Waals surface area contributed by atoms with Gasteiger partial charge in [0.05, 0.1) is 11.3 Å². The van der Waals surface area contributed by atoms with Crippen molar-refractivity contribution in [3.8, 4) is 0 Å². The monoisotopic (exact) mass is 431 g/mol. The maximum Gasteiger partial charge on any atom is 0.272 e. The fourth-order valence-electron chi connectivity index (χ4n) is 3.00. The first kappa shape index (κ1) is 19.6. The summed E-state index contributed by atoms with van der Waals surface area (Å²) in [6.07, 6.45) is 0.799. The molecule has 0 aliphatic carbocycles. The molecule has 0 saturated carbocycles. The van der Waals surface area contributed by atoms with Crippen molar-refractivity contribution in [2.45, 2.75) is 31.6 Å². The van der Waals surface area contributed by atoms with E-state index in [1.54, 1.807) is 16.7 Å². The quantitative estimate of drug-likeness (QED) is 0.455. The molecule has 29 heavy (non-hydrogen) atoms. The average molecular weight is 432 g/mol. The topological polar surface area (TPSA) is 81.3 Å². The number of hydrogen-bond acceptors (Lipinski definition) is 6. The highest BCUT2D eigenvalue weighted by atomic mass is 32.2. The van der Waals surface area contributed by atoms with Crippen molar-refractivity contribution in [2.24, 2.45) is 0 Å². The van der Waals surface area contributed by atoms with Crippen LogP contribution in [0.25, 0.3) is 16.0 Å². The predicted octanol–water partition coefficient (Wildman–Crippen LogP) is 3.06. The molecular formula is C19H18FN5O2S2. The standard InChI is InChI=1S/C19H18FN5O2S2/c1-2-8-24-17(27)16-14(7-9-28-16)25-18(24)22-23-19(25)29-11-15(26)21-10-12-3-5-13(20)6-4-12/h3-7,9H,2,8,10-11H2,1H3,(H,21,26). The van der Waals surface area contributed by atoms with Crippen LogP contribution in [0.15, 0.2) is 45.7 Å². The zero-order valence-electron chi connectivity index (χ0n) is 15.6. The van der Waals surface area contributed by atoms with Crippen LogP contribution in [0.3, 0.4) is 0 Å². The minimum absolute atomic E-state index is 0.0645. The molecule has 0 saturated heterocycles. The van der Waals surface area contributed by atoms with Crippen LogP contribution in [0.1, 0.15) is 18.9 Å². The lowest BCUT2D eigenvalue weighted by Crippen LogP contribution is -2.24. The molecule has 0 unspecified atom stereocenters. The Morgan fingerprint density at radius 2 is 2.03 bits per heavy atom. The molecule has 150 valence electrons. The van der Waals surface area contributed by atoms with Gasteiger partial charge < -0.3 is 5.32 Å². The van der Waals surface area contributed by atoms with Gasteiger partial charge in [-0.3, -0.25) is 18.6 Å². The maximum atomic E-state index is 13.0. The zero-order valence-corrected chi connectivity index (χ0v) is 17.2. The van der Waals surface area contributed by atoms with E-state index in [1.807, 2.05) is 22.8 Å². The van der Waals surface area contributed by atoms with E-state index in [4.69, 9.17) is 0 Å². The third kappa shape index (κ3) is 3.90. The van der Waals surface area contributed by atoms with Crippen LogP contribution in [0, 0.1) is 5.82 Å². The first-order chi connectivity index (χ1) is 14.1. The number of hydrogen-bond donors (Lipinski definition) is 1. The first-order valence-corrected chi connectivity index (χ1v) is 10.9. The highest BCUT2D eigenvalue weighted by Crippen LogP contribution is 2.24. The molecule has 0 aliphatic rings. The summed E-state index contributed by atoms with van der Waals surface area (Å²) in [6.45, 7) is 2.88. The first-order valence-electron chi connectivity index (χ1n) is 9.07. The van der Waals surface area contributed by atoms with Gasteiger partial charge in [0.1, 0.15) is 10.5 Å². The summed E-state index contributed by atoms with van der Waals surface area (Å²) in [7, 11) is 0. The number of thioether (sulfide) groups is 1. The van der Waals surface area contributed by atoms with E-state index in [9.17, 15) is 14.0 Å². The highest BCUT2D eigenvalue weighted by molar-refractivity contribution is 7.99. The summed E-state index contributed by atoms with van der Waals surface area (Å²) in [5.74, 6) is 0.160. The summed E-state index contributed by atoms with van der Waals surface area (Å²) >= 11 is 2.65. The van der Waals surface area contributed by atoms with Crippen molar-refractivity contribution in [3.05, 3.63) is 57.4 Å². The lowest BCUT2D eigenvalue weighted by Gasteiger charge is -2.08. The maximum absolute atomic E-state index is 13.0. The van der Waals surface area contributed by atoms with Crippen LogP contribution < -0.4 is 10.9 Å². The van der Waals surface area contributed by atoms with Crippen LogP contribution >= 0.6 is 23.1 Å². The average Bonchev–Trinajstić information content (AvgIpc) is 3.36. The van der Waals surface area contributed by atoms with Gasteiger partial charge in [-0.2, -0.15) is 0 Å². The van der Waals surface area contributed by atoms with Gasteiger partial charge in [0.2, 0.25) is 11.7 Å². The van der Waals surface area contributed by atoms with Crippen molar-refractivity contribution < 1.29 is 9.18 Å². The van der Waals surface area contributed by atoms with Gasteiger partial charge in [0.25, 0.3) is 5.56 Å². The van der Waals surface area contributed by atoms with Gasteiger partial charge in [-0.25, -0.2) is 4.39 Å². The number of carbonyl (C=O) groups is 1. The number of aryl methyl sites for hydroxylation is 1. The number of benzene rings is 1. The Morgan fingerprint density at radius 3 is 2.79 bits per heavy atom. The number of aromatic nitrogens is 4. The van der Waals surface area contributed by atoms with Crippen molar-refractivity contribution in [1.29, 1.82) is 0 Å². The molecular weight excluding hydrogens is 413 g/mol. The zero-order chi connectivity index (χ0) is 20.4. The van der Waals surface area contributed by atoms with Crippen LogP contribution in [0.2, 0.25) is 0 Å². The second kappa shape index (κ2) is 8.34. The molecule has 1 N–H and O–H groups in total. The SMILES string of the molecule is CCCn1c(=O)c2sccc2n2c(SCC(=O)NCc3ccc(F)cc3)nnc12. The number of nitrogens with zero attached hydrogens (tertiary/aromatic N) is 4. The number of thiophene rings is 1. The van der Waals surface area contributed by atoms with E-state index >= 15 is 0 Å². The molecule has 3 aromatic heterocycles. The van der Waals surface area contributed by atoms with Gasteiger partial charge in [-0.05, 0) is 35.6 Å². The predicted molar refractivity (Wildman–Crippen MR) is 112 cm³/mol. The molecule has 1 aromatic carbocycles. The van der Waals surface area contributed by atoms with Crippen molar-refractivity contribution >= 4 is 45.0 Å². The number of halogens is 1. The van der Waals surface area contributed by atoms with E-state index < -0.39 is 0 Å². The lowest BCUT2D eigenvalue weighted by molar-refractivity contribution is -0.118. The molecule has 0 aliphatic heterocycles. The summed E-state index contributed by atoms with van der Waals surface area (Å²) in [5, 5.41) is 13.6. The van der Waals surface area contributed by atoms with E-state index in [-0.39, 0.29) is 23.0 Å². The van der Waals surface area contributed by atoms with Gasteiger partial charge >= 0.3 is 0 Å². The Kier molecular flexibility index (Phi) is 5.63. The van der Waals surface area contributed by atoms with Crippen LogP contribution in [0.5, 0.6) is 0 Å². The van der Waals surface area contributed by atoms with E-state index in [0.29, 0.717) is 28.7 Å². The minimum atomic E-state index is -0.310. The summed E-state index contributed by atoms with van der Waals surface area (Å²) in [4.78, 5) is 24.9. The number of fused-ring (bicyclic) bond motifs is 3. The Bertz CT molecular complexity index is 1230. The highest BCUT2D eigenvalue weighted by Gasteiger charge is 2.18. The number of rotatable bonds is 7. The molecule has 3 heterocycles. The van der Waals surface area contributed by atoms with Gasteiger partial charge in [0, 0.05) is 13.1 Å². The Balaban J connectivity index is 1.53. The molecule has 0 fully saturated rings. The van der Waals surface area contributed by atoms with Gasteiger partial charge in [-0.1, -0.05) is 30.8 Å². The third-order valence-corrected chi connectivity index (χ3v) is 6.19. The number of nitrogens with one attached hydrogen (secondary N) is 1. The molecule has 0 bridgehead atoms. The fraction of sp³-hybridized carbons (Fsp3) is 0.263. The second-order valence-electron chi connectivity index (χ2n) is 6.40. The number of amides is 1. The molecule has 4 aromatic rings. The van der Waals surface area contributed by atoms with E-state index in [1.165, 1.54) is 35.2 Å². The van der Waals surface area contributed by atoms with E-state index in [2.05, 4.69) is 15.5 Å². The molecule has 4 rings (SSSR count). The Hall–Kier alpha value is -2.72. The van der Waals surface area contributed by atoms with Gasteiger partial charge in [-0.15, -0.1) is 21.5 Å². The van der Waals surface area contributed by atoms with Crippen molar-refractivity contribution in [2.75, 3.05) is 5.75 Å². The normalized spacial score (nSPS) is 11.4.